The highest BCUT2D eigenvalue weighted by molar-refractivity contribution is 7.89. The summed E-state index contributed by atoms with van der Waals surface area (Å²) in [7, 11) is -2.05. The Kier molecular flexibility index (Phi) is 5.66. The summed E-state index contributed by atoms with van der Waals surface area (Å²) in [6.07, 6.45) is -0.0698. The van der Waals surface area contributed by atoms with Gasteiger partial charge in [-0.2, -0.15) is 0 Å². The largest absolute Gasteiger partial charge is 0.481 e. The molecule has 6 nitrogen and oxygen atoms in total. The van der Waals surface area contributed by atoms with Gasteiger partial charge in [0, 0.05) is 20.0 Å². The van der Waals surface area contributed by atoms with Gasteiger partial charge in [0.1, 0.15) is 0 Å². The number of likely N-dealkylation sites (N-methyl/N-ethyl adjacent to an activating group) is 1. The highest BCUT2D eigenvalue weighted by Gasteiger charge is 2.16. The Balaban J connectivity index is 4.01. The number of rotatable bonds is 7. The van der Waals surface area contributed by atoms with Gasteiger partial charge in [-0.3, -0.25) is 4.79 Å². The average Bonchev–Trinajstić information content (AvgIpc) is 2.03. The molecule has 0 aliphatic rings. The summed E-state index contributed by atoms with van der Waals surface area (Å²) >= 11 is 0. The highest BCUT2D eigenvalue weighted by atomic mass is 32.2. The highest BCUT2D eigenvalue weighted by Crippen LogP contribution is 2.01. The standard InChI is InChI=1S/C7H15NO5S/c1-8(4-5-9)14(12,13)6-2-3-7(10)11/h9H,2-6H2,1H3,(H,10,11). The fraction of sp³-hybridized carbons (Fsp3) is 0.857. The maximum absolute atomic E-state index is 11.3. The Hall–Kier alpha value is -0.660. The SMILES string of the molecule is CN(CCO)S(=O)(=O)CCCC(=O)O. The first-order chi connectivity index (χ1) is 6.40. The van der Waals surface area contributed by atoms with E-state index in [1.807, 2.05) is 0 Å². The molecule has 0 spiro atoms. The molecule has 14 heavy (non-hydrogen) atoms. The minimum Gasteiger partial charge on any atom is -0.481 e. The second kappa shape index (κ2) is 5.94. The van der Waals surface area contributed by atoms with Crippen molar-refractivity contribution >= 4 is 16.0 Å². The number of aliphatic hydroxyl groups excluding tert-OH is 1. The fourth-order valence-corrected chi connectivity index (χ4v) is 2.02. The van der Waals surface area contributed by atoms with Gasteiger partial charge >= 0.3 is 5.97 Å². The lowest BCUT2D eigenvalue weighted by molar-refractivity contribution is -0.137. The van der Waals surface area contributed by atoms with Crippen molar-refractivity contribution in [3.8, 4) is 0 Å². The van der Waals surface area contributed by atoms with E-state index in [1.54, 1.807) is 0 Å². The van der Waals surface area contributed by atoms with E-state index in [0.29, 0.717) is 0 Å². The molecule has 0 amide bonds. The molecule has 0 aromatic rings. The molecule has 2 N–H and O–H groups in total. The van der Waals surface area contributed by atoms with Crippen LogP contribution in [0.1, 0.15) is 12.8 Å². The number of aliphatic carboxylic acids is 1. The van der Waals surface area contributed by atoms with Crippen LogP contribution in [0.3, 0.4) is 0 Å². The molecule has 0 bridgehead atoms. The molecule has 84 valence electrons. The van der Waals surface area contributed by atoms with Crippen molar-refractivity contribution in [1.29, 1.82) is 0 Å². The van der Waals surface area contributed by atoms with Crippen LogP contribution in [0.2, 0.25) is 0 Å². The maximum Gasteiger partial charge on any atom is 0.303 e. The summed E-state index contributed by atoms with van der Waals surface area (Å²) < 4.78 is 23.7. The molecule has 0 rings (SSSR count). The fourth-order valence-electron chi connectivity index (χ4n) is 0.842. The van der Waals surface area contributed by atoms with Gasteiger partial charge in [-0.05, 0) is 6.42 Å². The Morgan fingerprint density at radius 1 is 1.43 bits per heavy atom. The van der Waals surface area contributed by atoms with Crippen LogP contribution in [0.5, 0.6) is 0 Å². The zero-order valence-corrected chi connectivity index (χ0v) is 8.83. The van der Waals surface area contributed by atoms with Crippen LogP contribution in [-0.4, -0.2) is 54.9 Å². The molecule has 0 aromatic heterocycles. The third-order valence-corrected chi connectivity index (χ3v) is 3.62. The lowest BCUT2D eigenvalue weighted by Crippen LogP contribution is -2.31. The first-order valence-corrected chi connectivity index (χ1v) is 5.77. The summed E-state index contributed by atoms with van der Waals surface area (Å²) in [5.74, 6) is -1.21. The van der Waals surface area contributed by atoms with Crippen molar-refractivity contribution in [2.75, 3.05) is 26.0 Å². The van der Waals surface area contributed by atoms with Gasteiger partial charge < -0.3 is 10.2 Å². The van der Waals surface area contributed by atoms with Gasteiger partial charge in [0.2, 0.25) is 10.0 Å². The minimum atomic E-state index is -3.41. The molecule has 0 unspecified atom stereocenters. The van der Waals surface area contributed by atoms with Crippen LogP contribution >= 0.6 is 0 Å². The molecule has 0 atom stereocenters. The number of hydrogen-bond donors (Lipinski definition) is 2. The van der Waals surface area contributed by atoms with Crippen LogP contribution in [0, 0.1) is 0 Å². The van der Waals surface area contributed by atoms with E-state index in [1.165, 1.54) is 7.05 Å². The summed E-state index contributed by atoms with van der Waals surface area (Å²) in [6, 6.07) is 0. The van der Waals surface area contributed by atoms with Gasteiger partial charge in [0.15, 0.2) is 0 Å². The van der Waals surface area contributed by atoms with Crippen molar-refractivity contribution in [3.05, 3.63) is 0 Å². The van der Waals surface area contributed by atoms with E-state index < -0.39 is 16.0 Å². The lowest BCUT2D eigenvalue weighted by atomic mass is 10.3. The zero-order chi connectivity index (χ0) is 11.2. The Bertz CT molecular complexity index is 274. The summed E-state index contributed by atoms with van der Waals surface area (Å²) in [6.45, 7) is -0.204. The molecule has 0 aliphatic heterocycles. The molecule has 7 heteroatoms. The van der Waals surface area contributed by atoms with E-state index in [9.17, 15) is 13.2 Å². The van der Waals surface area contributed by atoms with E-state index in [2.05, 4.69) is 0 Å². The van der Waals surface area contributed by atoms with E-state index in [0.717, 1.165) is 4.31 Å². The Labute approximate surface area is 83.2 Å². The van der Waals surface area contributed by atoms with Crippen molar-refractivity contribution in [2.24, 2.45) is 0 Å². The van der Waals surface area contributed by atoms with E-state index in [-0.39, 0.29) is 31.7 Å². The van der Waals surface area contributed by atoms with Crippen molar-refractivity contribution in [3.63, 3.8) is 0 Å². The van der Waals surface area contributed by atoms with Crippen LogP contribution in [0.25, 0.3) is 0 Å². The molecule has 0 radical (unpaired) electrons. The number of carboxylic acid groups (broad SMARTS) is 1. The molecular formula is C7H15NO5S. The van der Waals surface area contributed by atoms with Gasteiger partial charge in [-0.15, -0.1) is 0 Å². The van der Waals surface area contributed by atoms with Crippen LogP contribution in [0.4, 0.5) is 0 Å². The first kappa shape index (κ1) is 13.3. The summed E-state index contributed by atoms with van der Waals surface area (Å²) in [5.41, 5.74) is 0. The van der Waals surface area contributed by atoms with Crippen molar-refractivity contribution < 1.29 is 23.4 Å². The second-order valence-corrected chi connectivity index (χ2v) is 5.05. The topological polar surface area (TPSA) is 94.9 Å². The molecule has 0 heterocycles. The third-order valence-electron chi connectivity index (χ3n) is 1.68. The van der Waals surface area contributed by atoms with Crippen molar-refractivity contribution in [1.82, 2.24) is 4.31 Å². The number of nitrogens with zero attached hydrogens (tertiary/aromatic N) is 1. The molecule has 0 saturated heterocycles. The number of hydrogen-bond acceptors (Lipinski definition) is 4. The summed E-state index contributed by atoms with van der Waals surface area (Å²) in [4.78, 5) is 10.1. The maximum atomic E-state index is 11.3. The predicted octanol–water partition coefficient (Wildman–Crippen LogP) is -0.895. The van der Waals surface area contributed by atoms with Crippen LogP contribution in [0.15, 0.2) is 0 Å². The molecule has 0 aliphatic carbocycles. The third kappa shape index (κ3) is 5.15. The lowest BCUT2D eigenvalue weighted by Gasteiger charge is -2.14. The molecule has 0 aromatic carbocycles. The number of carbonyl (C=O) groups is 1. The predicted molar refractivity (Wildman–Crippen MR) is 50.4 cm³/mol. The smallest absolute Gasteiger partial charge is 0.303 e. The normalized spacial score (nSPS) is 11.9. The zero-order valence-electron chi connectivity index (χ0n) is 8.01. The summed E-state index contributed by atoms with van der Waals surface area (Å²) in [5, 5.41) is 16.8. The van der Waals surface area contributed by atoms with Gasteiger partial charge in [0.25, 0.3) is 0 Å². The van der Waals surface area contributed by atoms with Crippen molar-refractivity contribution in [2.45, 2.75) is 12.8 Å². The number of sulfonamides is 1. The van der Waals surface area contributed by atoms with Crippen LogP contribution < -0.4 is 0 Å². The second-order valence-electron chi connectivity index (χ2n) is 2.86. The number of aliphatic hydroxyl groups is 1. The number of carboxylic acids is 1. The van der Waals surface area contributed by atoms with Crippen LogP contribution in [-0.2, 0) is 14.8 Å². The Morgan fingerprint density at radius 2 is 2.00 bits per heavy atom. The monoisotopic (exact) mass is 225 g/mol. The van der Waals surface area contributed by atoms with Gasteiger partial charge in [0.05, 0.1) is 12.4 Å². The quantitative estimate of drug-likeness (QED) is 0.586. The molecule has 0 saturated carbocycles. The molecular weight excluding hydrogens is 210 g/mol. The van der Waals surface area contributed by atoms with E-state index >= 15 is 0 Å². The minimum absolute atomic E-state index is 0.0371. The average molecular weight is 225 g/mol. The van der Waals surface area contributed by atoms with E-state index in [4.69, 9.17) is 10.2 Å². The first-order valence-electron chi connectivity index (χ1n) is 4.17. The van der Waals surface area contributed by atoms with Gasteiger partial charge in [-0.25, -0.2) is 12.7 Å². The van der Waals surface area contributed by atoms with Gasteiger partial charge in [-0.1, -0.05) is 0 Å². The molecule has 0 fully saturated rings. The Morgan fingerprint density at radius 3 is 2.43 bits per heavy atom.